The molecule has 0 radical (unpaired) electrons. The van der Waals surface area contributed by atoms with Gasteiger partial charge >= 0.3 is 0 Å². The van der Waals surface area contributed by atoms with Gasteiger partial charge in [-0.1, -0.05) is 12.6 Å². The molecule has 0 unspecified atom stereocenters. The average Bonchev–Trinajstić information content (AvgIpc) is 2.83. The van der Waals surface area contributed by atoms with Gasteiger partial charge in [-0.05, 0) is 43.7 Å². The molecule has 0 amide bonds. The van der Waals surface area contributed by atoms with Crippen LogP contribution in [0.5, 0.6) is 0 Å². The summed E-state index contributed by atoms with van der Waals surface area (Å²) in [5.41, 5.74) is 5.51. The van der Waals surface area contributed by atoms with Crippen LogP contribution in [0.4, 0.5) is 4.39 Å². The normalized spacial score (nSPS) is 10.9. The van der Waals surface area contributed by atoms with Gasteiger partial charge in [-0.25, -0.2) is 4.39 Å². The van der Waals surface area contributed by atoms with E-state index in [9.17, 15) is 4.39 Å². The lowest BCUT2D eigenvalue weighted by Gasteiger charge is -2.08. The third-order valence-electron chi connectivity index (χ3n) is 3.40. The Morgan fingerprint density at radius 1 is 1.30 bits per heavy atom. The van der Waals surface area contributed by atoms with Gasteiger partial charge in [-0.15, -0.1) is 0 Å². The van der Waals surface area contributed by atoms with E-state index < -0.39 is 0 Å². The molecule has 2 aromatic heterocycles. The fourth-order valence-electron chi connectivity index (χ4n) is 2.39. The van der Waals surface area contributed by atoms with Crippen molar-refractivity contribution in [1.29, 1.82) is 0 Å². The van der Waals surface area contributed by atoms with Gasteiger partial charge in [0.1, 0.15) is 5.82 Å². The van der Waals surface area contributed by atoms with Crippen molar-refractivity contribution in [2.45, 2.75) is 13.8 Å². The number of benzene rings is 1. The number of aromatic nitrogens is 2. The standard InChI is InChI=1S/C17H15FN2/c1-10(2)14-9-19-11(3)7-12(14)17-8-13-15(18)5-4-6-16(13)20-17/h4-9,20H,1H2,2-3H3. The molecule has 3 rings (SSSR count). The van der Waals surface area contributed by atoms with Crippen molar-refractivity contribution in [3.05, 3.63) is 60.2 Å². The first-order valence-electron chi connectivity index (χ1n) is 6.46. The quantitative estimate of drug-likeness (QED) is 0.715. The van der Waals surface area contributed by atoms with E-state index in [0.29, 0.717) is 5.39 Å². The molecule has 0 atom stereocenters. The number of aromatic amines is 1. The zero-order valence-corrected chi connectivity index (χ0v) is 11.5. The molecule has 0 saturated heterocycles. The van der Waals surface area contributed by atoms with Crippen LogP contribution in [0.25, 0.3) is 27.7 Å². The number of pyridine rings is 1. The Labute approximate surface area is 117 Å². The molecule has 3 aromatic rings. The molecular weight excluding hydrogens is 251 g/mol. The lowest BCUT2D eigenvalue weighted by molar-refractivity contribution is 0.640. The number of rotatable bonds is 2. The molecule has 100 valence electrons. The molecule has 3 heteroatoms. The van der Waals surface area contributed by atoms with Crippen LogP contribution in [0, 0.1) is 12.7 Å². The molecule has 2 heterocycles. The second-order valence-corrected chi connectivity index (χ2v) is 5.04. The summed E-state index contributed by atoms with van der Waals surface area (Å²) < 4.78 is 13.8. The number of H-pyrrole nitrogens is 1. The largest absolute Gasteiger partial charge is 0.354 e. The van der Waals surface area contributed by atoms with E-state index in [0.717, 1.165) is 33.6 Å². The molecule has 2 nitrogen and oxygen atoms in total. The van der Waals surface area contributed by atoms with E-state index in [1.54, 1.807) is 6.07 Å². The summed E-state index contributed by atoms with van der Waals surface area (Å²) in [5, 5.41) is 0.602. The van der Waals surface area contributed by atoms with E-state index in [-0.39, 0.29) is 5.82 Å². The molecule has 1 aromatic carbocycles. The van der Waals surface area contributed by atoms with E-state index in [4.69, 9.17) is 0 Å². The predicted molar refractivity (Wildman–Crippen MR) is 80.9 cm³/mol. The second kappa shape index (κ2) is 4.60. The summed E-state index contributed by atoms with van der Waals surface area (Å²) in [7, 11) is 0. The Kier molecular flexibility index (Phi) is 2.90. The van der Waals surface area contributed by atoms with Crippen LogP contribution in [0.1, 0.15) is 18.2 Å². The number of nitrogens with one attached hydrogen (secondary N) is 1. The Morgan fingerprint density at radius 3 is 2.80 bits per heavy atom. The third kappa shape index (κ3) is 2.01. The van der Waals surface area contributed by atoms with E-state index in [2.05, 4.69) is 16.5 Å². The van der Waals surface area contributed by atoms with Gasteiger partial charge < -0.3 is 4.98 Å². The number of allylic oxidation sites excluding steroid dienone is 1. The van der Waals surface area contributed by atoms with Crippen LogP contribution in [-0.2, 0) is 0 Å². The summed E-state index contributed by atoms with van der Waals surface area (Å²) in [4.78, 5) is 7.58. The molecule has 1 N–H and O–H groups in total. The number of nitrogens with zero attached hydrogens (tertiary/aromatic N) is 1. The zero-order valence-electron chi connectivity index (χ0n) is 11.5. The number of halogens is 1. The second-order valence-electron chi connectivity index (χ2n) is 5.04. The molecule has 20 heavy (non-hydrogen) atoms. The number of hydrogen-bond acceptors (Lipinski definition) is 1. The van der Waals surface area contributed by atoms with Crippen molar-refractivity contribution in [3.8, 4) is 11.3 Å². The maximum atomic E-state index is 13.8. The van der Waals surface area contributed by atoms with Crippen molar-refractivity contribution < 1.29 is 4.39 Å². The minimum absolute atomic E-state index is 0.215. The summed E-state index contributed by atoms with van der Waals surface area (Å²) >= 11 is 0. The maximum absolute atomic E-state index is 13.8. The highest BCUT2D eigenvalue weighted by molar-refractivity contribution is 5.89. The molecule has 0 aliphatic carbocycles. The Bertz CT molecular complexity index is 815. The van der Waals surface area contributed by atoms with Gasteiger partial charge in [0, 0.05) is 39.6 Å². The highest BCUT2D eigenvalue weighted by atomic mass is 19.1. The highest BCUT2D eigenvalue weighted by Crippen LogP contribution is 2.31. The zero-order chi connectivity index (χ0) is 14.3. The van der Waals surface area contributed by atoms with Crippen LogP contribution < -0.4 is 0 Å². The van der Waals surface area contributed by atoms with Crippen LogP contribution in [-0.4, -0.2) is 9.97 Å². The minimum atomic E-state index is -0.215. The summed E-state index contributed by atoms with van der Waals surface area (Å²) in [6.45, 7) is 7.87. The first-order valence-corrected chi connectivity index (χ1v) is 6.46. The van der Waals surface area contributed by atoms with Crippen LogP contribution >= 0.6 is 0 Å². The summed E-state index contributed by atoms with van der Waals surface area (Å²) in [6, 6.07) is 8.88. The summed E-state index contributed by atoms with van der Waals surface area (Å²) in [5.74, 6) is -0.215. The van der Waals surface area contributed by atoms with E-state index in [1.165, 1.54) is 6.07 Å². The average molecular weight is 266 g/mol. The van der Waals surface area contributed by atoms with Gasteiger partial charge in [0.15, 0.2) is 0 Å². The van der Waals surface area contributed by atoms with Gasteiger partial charge in [-0.2, -0.15) is 0 Å². The van der Waals surface area contributed by atoms with Crippen molar-refractivity contribution in [3.63, 3.8) is 0 Å². The number of hydrogen-bond donors (Lipinski definition) is 1. The lowest BCUT2D eigenvalue weighted by atomic mass is 10.0. The van der Waals surface area contributed by atoms with E-state index in [1.807, 2.05) is 38.2 Å². The van der Waals surface area contributed by atoms with Gasteiger partial charge in [0.25, 0.3) is 0 Å². The Morgan fingerprint density at radius 2 is 2.10 bits per heavy atom. The minimum Gasteiger partial charge on any atom is -0.354 e. The van der Waals surface area contributed by atoms with Crippen molar-refractivity contribution in [2.75, 3.05) is 0 Å². The maximum Gasteiger partial charge on any atom is 0.132 e. The molecular formula is C17H15FN2. The number of aryl methyl sites for hydroxylation is 1. The van der Waals surface area contributed by atoms with Gasteiger partial charge in [-0.3, -0.25) is 4.98 Å². The SMILES string of the molecule is C=C(C)c1cnc(C)cc1-c1cc2c(F)cccc2[nH]1. The van der Waals surface area contributed by atoms with Crippen molar-refractivity contribution in [1.82, 2.24) is 9.97 Å². The van der Waals surface area contributed by atoms with Crippen molar-refractivity contribution in [2.24, 2.45) is 0 Å². The van der Waals surface area contributed by atoms with Crippen molar-refractivity contribution >= 4 is 16.5 Å². The van der Waals surface area contributed by atoms with Crippen LogP contribution in [0.3, 0.4) is 0 Å². The molecule has 0 aliphatic heterocycles. The molecule has 0 saturated carbocycles. The highest BCUT2D eigenvalue weighted by Gasteiger charge is 2.11. The smallest absolute Gasteiger partial charge is 0.132 e. The molecule has 0 aliphatic rings. The molecule has 0 fully saturated rings. The Balaban J connectivity index is 2.27. The Hall–Kier alpha value is -2.42. The number of fused-ring (bicyclic) bond motifs is 1. The fourth-order valence-corrected chi connectivity index (χ4v) is 2.39. The predicted octanol–water partition coefficient (Wildman–Crippen LogP) is 4.71. The van der Waals surface area contributed by atoms with Gasteiger partial charge in [0.05, 0.1) is 0 Å². The first kappa shape index (κ1) is 12.6. The van der Waals surface area contributed by atoms with Crippen LogP contribution in [0.2, 0.25) is 0 Å². The van der Waals surface area contributed by atoms with E-state index >= 15 is 0 Å². The summed E-state index contributed by atoms with van der Waals surface area (Å²) in [6.07, 6.45) is 1.81. The molecule has 0 spiro atoms. The third-order valence-corrected chi connectivity index (χ3v) is 3.40. The fraction of sp³-hybridized carbons (Fsp3) is 0.118. The topological polar surface area (TPSA) is 28.7 Å². The van der Waals surface area contributed by atoms with Crippen LogP contribution in [0.15, 0.2) is 43.1 Å². The van der Waals surface area contributed by atoms with Gasteiger partial charge in [0.2, 0.25) is 0 Å². The molecule has 0 bridgehead atoms. The lowest BCUT2D eigenvalue weighted by Crippen LogP contribution is -1.91. The monoisotopic (exact) mass is 266 g/mol. The first-order chi connectivity index (χ1) is 9.56.